The summed E-state index contributed by atoms with van der Waals surface area (Å²) in [6.45, 7) is 2.55. The van der Waals surface area contributed by atoms with Gasteiger partial charge in [0, 0.05) is 38.3 Å². The van der Waals surface area contributed by atoms with Gasteiger partial charge in [-0.15, -0.1) is 0 Å². The number of hydrogen-bond donors (Lipinski definition) is 1. The van der Waals surface area contributed by atoms with Gasteiger partial charge in [0.1, 0.15) is 18.2 Å². The molecule has 31 heavy (non-hydrogen) atoms. The molecule has 0 spiro atoms. The van der Waals surface area contributed by atoms with Crippen LogP contribution in [0.3, 0.4) is 0 Å². The maximum Gasteiger partial charge on any atom is 0.317 e. The summed E-state index contributed by atoms with van der Waals surface area (Å²) in [7, 11) is 0. The molecule has 0 aromatic heterocycles. The number of urea groups is 1. The van der Waals surface area contributed by atoms with Gasteiger partial charge in [0.15, 0.2) is 0 Å². The van der Waals surface area contributed by atoms with Crippen molar-refractivity contribution >= 4 is 11.9 Å². The Bertz CT molecular complexity index is 931. The van der Waals surface area contributed by atoms with Crippen LogP contribution in [0.4, 0.5) is 18.0 Å². The average molecular weight is 435 g/mol. The van der Waals surface area contributed by atoms with Crippen LogP contribution < -0.4 is 10.1 Å². The summed E-state index contributed by atoms with van der Waals surface area (Å²) < 4.78 is 43.2. The molecule has 1 heterocycles. The molecule has 1 aliphatic rings. The zero-order valence-electron chi connectivity index (χ0n) is 17.1. The van der Waals surface area contributed by atoms with E-state index in [0.717, 1.165) is 5.56 Å². The van der Waals surface area contributed by atoms with Crippen molar-refractivity contribution in [3.63, 3.8) is 0 Å². The molecular formula is C22H24F3N3O3. The predicted octanol–water partition coefficient (Wildman–Crippen LogP) is 3.45. The van der Waals surface area contributed by atoms with Crippen molar-refractivity contribution in [1.29, 1.82) is 0 Å². The third-order valence-electron chi connectivity index (χ3n) is 4.99. The first-order valence-electron chi connectivity index (χ1n) is 9.91. The number of carbonyl (C=O) groups excluding carboxylic acids is 2. The molecule has 3 amide bonds. The lowest BCUT2D eigenvalue weighted by atomic mass is 10.1. The number of ether oxygens (including phenoxy) is 1. The van der Waals surface area contributed by atoms with Gasteiger partial charge in [0.05, 0.1) is 0 Å². The van der Waals surface area contributed by atoms with Crippen LogP contribution in [0.15, 0.2) is 42.5 Å². The van der Waals surface area contributed by atoms with Gasteiger partial charge in [-0.25, -0.2) is 18.0 Å². The summed E-state index contributed by atoms with van der Waals surface area (Å²) in [5, 5.41) is 2.78. The number of halogens is 3. The molecule has 3 rings (SSSR count). The van der Waals surface area contributed by atoms with Crippen molar-refractivity contribution in [3.05, 3.63) is 65.0 Å². The number of nitrogens with one attached hydrogen (secondary N) is 1. The van der Waals surface area contributed by atoms with Crippen LogP contribution >= 0.6 is 0 Å². The Morgan fingerprint density at radius 3 is 2.45 bits per heavy atom. The first-order chi connectivity index (χ1) is 14.8. The van der Waals surface area contributed by atoms with E-state index in [1.54, 1.807) is 53.1 Å². The normalized spacial score (nSPS) is 14.0. The number of rotatable bonds is 6. The van der Waals surface area contributed by atoms with Crippen molar-refractivity contribution in [1.82, 2.24) is 15.1 Å². The Morgan fingerprint density at radius 2 is 1.77 bits per heavy atom. The number of nitrogens with zero attached hydrogens (tertiary/aromatic N) is 2. The maximum absolute atomic E-state index is 13.7. The van der Waals surface area contributed by atoms with Crippen LogP contribution in [0.25, 0.3) is 0 Å². The third-order valence-corrected chi connectivity index (χ3v) is 4.99. The minimum absolute atomic E-state index is 0.215. The minimum Gasteiger partial charge on any atom is -0.488 e. The number of piperazine rings is 1. The largest absolute Gasteiger partial charge is 0.488 e. The fourth-order valence-electron chi connectivity index (χ4n) is 3.22. The van der Waals surface area contributed by atoms with E-state index in [1.807, 2.05) is 0 Å². The van der Waals surface area contributed by atoms with Crippen molar-refractivity contribution in [2.24, 2.45) is 0 Å². The van der Waals surface area contributed by atoms with Crippen LogP contribution in [-0.2, 0) is 6.54 Å². The van der Waals surface area contributed by atoms with E-state index in [0.29, 0.717) is 37.5 Å². The summed E-state index contributed by atoms with van der Waals surface area (Å²) in [6.07, 6.45) is -2.56. The zero-order chi connectivity index (χ0) is 22.4. The van der Waals surface area contributed by atoms with Crippen molar-refractivity contribution in [3.8, 4) is 5.75 Å². The van der Waals surface area contributed by atoms with E-state index in [2.05, 4.69) is 5.32 Å². The molecule has 0 aliphatic carbocycles. The maximum atomic E-state index is 13.7. The number of carbonyl (C=O) groups is 2. The monoisotopic (exact) mass is 435 g/mol. The summed E-state index contributed by atoms with van der Waals surface area (Å²) in [5.74, 6) is -0.376. The molecule has 0 bridgehead atoms. The van der Waals surface area contributed by atoms with E-state index < -0.39 is 18.8 Å². The fraction of sp³-hybridized carbons (Fsp3) is 0.364. The molecule has 6 nitrogen and oxygen atoms in total. The van der Waals surface area contributed by atoms with Crippen molar-refractivity contribution in [2.45, 2.75) is 19.9 Å². The topological polar surface area (TPSA) is 61.9 Å². The lowest BCUT2D eigenvalue weighted by Gasteiger charge is -2.34. The molecular weight excluding hydrogens is 411 g/mol. The Hall–Kier alpha value is -3.23. The summed E-state index contributed by atoms with van der Waals surface area (Å²) in [4.78, 5) is 28.2. The second-order valence-electron chi connectivity index (χ2n) is 7.25. The number of benzene rings is 2. The van der Waals surface area contributed by atoms with Crippen LogP contribution in [-0.4, -0.2) is 60.9 Å². The smallest absolute Gasteiger partial charge is 0.317 e. The molecule has 0 unspecified atom stereocenters. The summed E-state index contributed by atoms with van der Waals surface area (Å²) in [5.41, 5.74) is 1.48. The number of alkyl halides is 2. The molecule has 1 N–H and O–H groups in total. The molecule has 0 atom stereocenters. The quantitative estimate of drug-likeness (QED) is 0.756. The van der Waals surface area contributed by atoms with Crippen LogP contribution in [0.2, 0.25) is 0 Å². The Kier molecular flexibility index (Phi) is 7.38. The lowest BCUT2D eigenvalue weighted by Crippen LogP contribution is -2.53. The molecule has 1 aliphatic heterocycles. The standard InChI is InChI=1S/C22H24F3N3O3/c1-15-5-6-17(12-19(15)23)21(29)27-7-9-28(10-8-27)22(30)26-13-16-3-2-4-18(11-16)31-14-20(24)25/h2-6,11-12,20H,7-10,13-14H2,1H3,(H,26,30). The fourth-order valence-corrected chi connectivity index (χ4v) is 3.22. The number of aryl methyl sites for hydroxylation is 1. The molecule has 166 valence electrons. The lowest BCUT2D eigenvalue weighted by molar-refractivity contribution is 0.0664. The van der Waals surface area contributed by atoms with Gasteiger partial charge in [-0.05, 0) is 42.3 Å². The highest BCUT2D eigenvalue weighted by atomic mass is 19.3. The predicted molar refractivity (Wildman–Crippen MR) is 109 cm³/mol. The van der Waals surface area contributed by atoms with E-state index in [9.17, 15) is 22.8 Å². The highest BCUT2D eigenvalue weighted by molar-refractivity contribution is 5.94. The molecule has 2 aromatic rings. The Labute approximate surface area is 178 Å². The highest BCUT2D eigenvalue weighted by Gasteiger charge is 2.25. The van der Waals surface area contributed by atoms with Gasteiger partial charge < -0.3 is 19.9 Å². The average Bonchev–Trinajstić information content (AvgIpc) is 2.78. The van der Waals surface area contributed by atoms with E-state index in [1.165, 1.54) is 6.07 Å². The minimum atomic E-state index is -2.56. The van der Waals surface area contributed by atoms with Gasteiger partial charge in [-0.3, -0.25) is 4.79 Å². The number of hydrogen-bond acceptors (Lipinski definition) is 3. The van der Waals surface area contributed by atoms with Gasteiger partial charge in [-0.2, -0.15) is 0 Å². The van der Waals surface area contributed by atoms with Crippen LogP contribution in [0.5, 0.6) is 5.75 Å². The molecule has 1 saturated heterocycles. The molecule has 1 fully saturated rings. The SMILES string of the molecule is Cc1ccc(C(=O)N2CCN(C(=O)NCc3cccc(OCC(F)F)c3)CC2)cc1F. The first kappa shape index (κ1) is 22.5. The molecule has 9 heteroatoms. The van der Waals surface area contributed by atoms with Gasteiger partial charge >= 0.3 is 6.03 Å². The first-order valence-corrected chi connectivity index (χ1v) is 9.91. The van der Waals surface area contributed by atoms with Crippen molar-refractivity contribution < 1.29 is 27.5 Å². The Morgan fingerprint density at radius 1 is 1.06 bits per heavy atom. The highest BCUT2D eigenvalue weighted by Crippen LogP contribution is 2.15. The molecule has 0 saturated carbocycles. The zero-order valence-corrected chi connectivity index (χ0v) is 17.1. The van der Waals surface area contributed by atoms with Crippen LogP contribution in [0.1, 0.15) is 21.5 Å². The van der Waals surface area contributed by atoms with E-state index in [4.69, 9.17) is 4.74 Å². The molecule has 2 aromatic carbocycles. The Balaban J connectivity index is 1.47. The third kappa shape index (κ3) is 6.13. The van der Waals surface area contributed by atoms with Crippen LogP contribution in [0, 0.1) is 12.7 Å². The molecule has 0 radical (unpaired) electrons. The van der Waals surface area contributed by atoms with E-state index in [-0.39, 0.29) is 24.0 Å². The second kappa shape index (κ2) is 10.2. The van der Waals surface area contributed by atoms with Gasteiger partial charge in [-0.1, -0.05) is 18.2 Å². The van der Waals surface area contributed by atoms with Gasteiger partial charge in [0.25, 0.3) is 12.3 Å². The van der Waals surface area contributed by atoms with Crippen molar-refractivity contribution in [2.75, 3.05) is 32.8 Å². The van der Waals surface area contributed by atoms with Gasteiger partial charge in [0.2, 0.25) is 0 Å². The number of amides is 3. The summed E-state index contributed by atoms with van der Waals surface area (Å²) >= 11 is 0. The van der Waals surface area contributed by atoms with E-state index >= 15 is 0 Å². The summed E-state index contributed by atoms with van der Waals surface area (Å²) in [6, 6.07) is 10.7. The second-order valence-corrected chi connectivity index (χ2v) is 7.25.